The Hall–Kier alpha value is -1.46. The molecule has 0 radical (unpaired) electrons. The molecule has 0 spiro atoms. The summed E-state index contributed by atoms with van der Waals surface area (Å²) in [5.41, 5.74) is 0. The summed E-state index contributed by atoms with van der Waals surface area (Å²) in [6, 6.07) is 0. The molecule has 0 aliphatic heterocycles. The fourth-order valence-electron chi connectivity index (χ4n) is 6.42. The molecule has 2 unspecified atom stereocenters. The Morgan fingerprint density at radius 1 is 0.778 bits per heavy atom. The van der Waals surface area contributed by atoms with Gasteiger partial charge in [0.05, 0.1) is 6.42 Å². The van der Waals surface area contributed by atoms with Gasteiger partial charge in [0.2, 0.25) is 0 Å². The van der Waals surface area contributed by atoms with Crippen LogP contribution in [0.5, 0.6) is 0 Å². The third-order valence-corrected chi connectivity index (χ3v) is 9.79. The molecule has 0 bridgehead atoms. The van der Waals surface area contributed by atoms with Gasteiger partial charge in [-0.25, -0.2) is 13.6 Å². The average molecular weight is 553 g/mol. The van der Waals surface area contributed by atoms with Crippen molar-refractivity contribution in [1.29, 1.82) is 0 Å². The highest BCUT2D eigenvalue weighted by Crippen LogP contribution is 3.01. The summed E-state index contributed by atoms with van der Waals surface area (Å²) >= 11 is 0. The summed E-state index contributed by atoms with van der Waals surface area (Å²) in [5, 5.41) is -3.80. The third-order valence-electron chi connectivity index (χ3n) is 8.17. The van der Waals surface area contributed by atoms with Crippen molar-refractivity contribution in [3.63, 3.8) is 0 Å². The zero-order valence-electron chi connectivity index (χ0n) is 20.1. The van der Waals surface area contributed by atoms with Crippen LogP contribution in [0.4, 0.5) is 28.2 Å². The lowest BCUT2D eigenvalue weighted by atomic mass is 9.66. The molecule has 0 N–H and O–H groups in total. The van der Waals surface area contributed by atoms with Crippen molar-refractivity contribution in [2.24, 2.45) is 23.7 Å². The second-order valence-electron chi connectivity index (χ2n) is 10.6. The molecule has 0 aromatic carbocycles. The van der Waals surface area contributed by atoms with Crippen molar-refractivity contribution >= 4 is 22.2 Å². The van der Waals surface area contributed by atoms with Crippen LogP contribution in [0.1, 0.15) is 70.6 Å². The van der Waals surface area contributed by atoms with E-state index < -0.39 is 58.5 Å². The summed E-state index contributed by atoms with van der Waals surface area (Å²) in [6.07, 6.45) is -0.487. The second-order valence-corrected chi connectivity index (χ2v) is 13.2. The Kier molecular flexibility index (Phi) is 8.38. The van der Waals surface area contributed by atoms with Crippen LogP contribution in [0.25, 0.3) is 0 Å². The molecule has 36 heavy (non-hydrogen) atoms. The number of ether oxygens (including phenoxy) is 2. The van der Waals surface area contributed by atoms with Crippen LogP contribution in [0.15, 0.2) is 12.7 Å². The van der Waals surface area contributed by atoms with Crippen molar-refractivity contribution < 1.29 is 47.3 Å². The molecule has 3 fully saturated rings. The van der Waals surface area contributed by atoms with E-state index in [4.69, 9.17) is 9.47 Å². The van der Waals surface area contributed by atoms with E-state index in [0.717, 1.165) is 31.8 Å². The summed E-state index contributed by atoms with van der Waals surface area (Å²) in [7, 11) is -10.2. The number of alkyl halides is 2. The predicted molar refractivity (Wildman–Crippen MR) is 122 cm³/mol. The van der Waals surface area contributed by atoms with E-state index in [9.17, 15) is 37.8 Å². The zero-order valence-corrected chi connectivity index (χ0v) is 20.9. The van der Waals surface area contributed by atoms with E-state index in [1.54, 1.807) is 0 Å². The van der Waals surface area contributed by atoms with Crippen LogP contribution >= 0.6 is 10.2 Å². The number of hydrogen-bond donors (Lipinski definition) is 0. The van der Waals surface area contributed by atoms with E-state index >= 15 is 0 Å². The van der Waals surface area contributed by atoms with Gasteiger partial charge in [0.15, 0.2) is 5.25 Å². The van der Waals surface area contributed by atoms with Gasteiger partial charge in [-0.2, -0.15) is 0 Å². The number of hydrogen-bond acceptors (Lipinski definition) is 4. The first kappa shape index (κ1) is 29.1. The van der Waals surface area contributed by atoms with Crippen LogP contribution < -0.4 is 0 Å². The van der Waals surface area contributed by atoms with Crippen molar-refractivity contribution in [3.05, 3.63) is 12.7 Å². The van der Waals surface area contributed by atoms with Gasteiger partial charge in [-0.15, -0.1) is 0 Å². The molecule has 3 saturated carbocycles. The Bertz CT molecular complexity index is 793. The van der Waals surface area contributed by atoms with Gasteiger partial charge in [0, 0.05) is 6.08 Å². The van der Waals surface area contributed by atoms with E-state index in [1.165, 1.54) is 0 Å². The third kappa shape index (κ3) is 7.77. The molecule has 0 aromatic heterocycles. The standard InChI is InChI=1S/C24H35F7O4S/c1-2-22(32)34-12-11-23(33)35-19-9-7-16(8-10-19)15-3-5-17(6-4-15)18-13-20(25)24(21(26)14-18)36(27,28,29,30)31/h2,15-21,24H,1,3-14H2. The fourth-order valence-corrected chi connectivity index (χ4v) is 7.76. The second kappa shape index (κ2) is 10.4. The average Bonchev–Trinajstić information content (AvgIpc) is 2.77. The molecule has 3 aliphatic rings. The minimum atomic E-state index is -10.2. The van der Waals surface area contributed by atoms with Crippen molar-refractivity contribution in [2.75, 3.05) is 6.61 Å². The molecular formula is C24H35F7O4S. The highest BCUT2D eigenvalue weighted by atomic mass is 32.5. The van der Waals surface area contributed by atoms with Gasteiger partial charge < -0.3 is 9.47 Å². The molecular weight excluding hydrogens is 517 g/mol. The van der Waals surface area contributed by atoms with E-state index in [-0.39, 0.29) is 25.0 Å². The molecule has 0 aromatic rings. The van der Waals surface area contributed by atoms with Crippen LogP contribution in [0, 0.1) is 23.7 Å². The van der Waals surface area contributed by atoms with Crippen molar-refractivity contribution in [1.82, 2.24) is 0 Å². The minimum Gasteiger partial charge on any atom is -0.462 e. The maximum absolute atomic E-state index is 14.2. The molecule has 12 heteroatoms. The molecule has 2 atom stereocenters. The van der Waals surface area contributed by atoms with Crippen LogP contribution in [0.3, 0.4) is 0 Å². The maximum atomic E-state index is 14.2. The predicted octanol–water partition coefficient (Wildman–Crippen LogP) is 7.77. The van der Waals surface area contributed by atoms with Crippen molar-refractivity contribution in [3.8, 4) is 0 Å². The lowest BCUT2D eigenvalue weighted by Gasteiger charge is -2.52. The van der Waals surface area contributed by atoms with Gasteiger partial charge in [0.25, 0.3) is 10.2 Å². The van der Waals surface area contributed by atoms with E-state index in [0.29, 0.717) is 37.5 Å². The monoisotopic (exact) mass is 552 g/mol. The molecule has 0 amide bonds. The maximum Gasteiger partial charge on any atom is 0.330 e. The summed E-state index contributed by atoms with van der Waals surface area (Å²) in [6.45, 7) is 3.19. The topological polar surface area (TPSA) is 52.6 Å². The highest BCUT2D eigenvalue weighted by molar-refractivity contribution is 8.46. The smallest absolute Gasteiger partial charge is 0.330 e. The Balaban J connectivity index is 1.40. The number of carbonyl (C=O) groups excluding carboxylic acids is 2. The number of rotatable bonds is 8. The number of esters is 2. The lowest BCUT2D eigenvalue weighted by Crippen LogP contribution is -2.48. The highest BCUT2D eigenvalue weighted by Gasteiger charge is 2.75. The van der Waals surface area contributed by atoms with Gasteiger partial charge in [-0.1, -0.05) is 26.0 Å². The first-order chi connectivity index (χ1) is 16.6. The number of halogens is 7. The normalized spacial score (nSPS) is 37.8. The lowest BCUT2D eigenvalue weighted by molar-refractivity contribution is -0.153. The summed E-state index contributed by atoms with van der Waals surface area (Å²) < 4.78 is 104. The van der Waals surface area contributed by atoms with Crippen LogP contribution in [-0.4, -0.2) is 42.2 Å². The van der Waals surface area contributed by atoms with Gasteiger partial charge >= 0.3 is 11.9 Å². The molecule has 0 saturated heterocycles. The quantitative estimate of drug-likeness (QED) is 0.175. The van der Waals surface area contributed by atoms with Crippen LogP contribution in [-0.2, 0) is 19.1 Å². The van der Waals surface area contributed by atoms with Crippen LogP contribution in [0.2, 0.25) is 0 Å². The molecule has 3 aliphatic carbocycles. The van der Waals surface area contributed by atoms with Gasteiger partial charge in [0.1, 0.15) is 25.1 Å². The minimum absolute atomic E-state index is 0.0347. The Labute approximate surface area is 207 Å². The van der Waals surface area contributed by atoms with Gasteiger partial charge in [-0.05, 0) is 87.9 Å². The SMILES string of the molecule is C=CC(=O)OCCC(=O)OC1CCC(C2CCC(C3CC(F)C(S(F)(F)(F)(F)F)C(F)C3)CC2)CC1. The zero-order chi connectivity index (χ0) is 26.8. The number of carbonyl (C=O) groups is 2. The molecule has 4 nitrogen and oxygen atoms in total. The molecule has 3 rings (SSSR count). The molecule has 0 heterocycles. The molecule has 210 valence electrons. The Morgan fingerprint density at radius 2 is 1.22 bits per heavy atom. The summed E-state index contributed by atoms with van der Waals surface area (Å²) in [5.74, 6) is -1.09. The first-order valence-corrected chi connectivity index (χ1v) is 14.6. The van der Waals surface area contributed by atoms with Gasteiger partial charge in [-0.3, -0.25) is 4.79 Å². The Morgan fingerprint density at radius 3 is 1.67 bits per heavy atom. The van der Waals surface area contributed by atoms with E-state index in [2.05, 4.69) is 6.58 Å². The summed E-state index contributed by atoms with van der Waals surface area (Å²) in [4.78, 5) is 22.9. The first-order valence-electron chi connectivity index (χ1n) is 12.6. The van der Waals surface area contributed by atoms with Crippen molar-refractivity contribution in [2.45, 2.75) is 94.3 Å². The van der Waals surface area contributed by atoms with E-state index in [1.807, 2.05) is 0 Å². The largest absolute Gasteiger partial charge is 0.462 e. The fraction of sp³-hybridized carbons (Fsp3) is 0.833.